The van der Waals surface area contributed by atoms with Gasteiger partial charge in [0.15, 0.2) is 0 Å². The smallest absolute Gasteiger partial charge is 0.419 e. The number of carbonyl (C=O) groups excluding carboxylic acids is 1. The van der Waals surface area contributed by atoms with Crippen molar-refractivity contribution in [2.75, 3.05) is 6.61 Å². The molecule has 154 valence electrons. The van der Waals surface area contributed by atoms with Crippen LogP contribution in [-0.2, 0) is 19.6 Å². The van der Waals surface area contributed by atoms with Crippen LogP contribution in [0, 0.1) is 0 Å². The van der Waals surface area contributed by atoms with E-state index in [-0.39, 0.29) is 18.2 Å². The molecule has 1 aromatic carbocycles. The van der Waals surface area contributed by atoms with Crippen molar-refractivity contribution in [3.63, 3.8) is 0 Å². The maximum atomic E-state index is 13.1. The summed E-state index contributed by atoms with van der Waals surface area (Å²) in [6.07, 6.45) is 2.55. The minimum absolute atomic E-state index is 0.0932. The minimum atomic E-state index is -3.85. The van der Waals surface area contributed by atoms with Crippen LogP contribution in [0.25, 0.3) is 5.53 Å². The average molecular weight is 408 g/mol. The second kappa shape index (κ2) is 8.55. The third kappa shape index (κ3) is 4.35. The van der Waals surface area contributed by atoms with Crippen molar-refractivity contribution < 1.29 is 22.7 Å². The summed E-state index contributed by atoms with van der Waals surface area (Å²) in [6.45, 7) is 6.50. The Kier molecular flexibility index (Phi) is 6.80. The minimum Gasteiger partial charge on any atom is -0.457 e. The highest BCUT2D eigenvalue weighted by Crippen LogP contribution is 2.43. The summed E-state index contributed by atoms with van der Waals surface area (Å²) in [4.78, 5) is 15.9. The fraction of sp³-hybridized carbons (Fsp3) is 0.600. The summed E-state index contributed by atoms with van der Waals surface area (Å²) in [6, 6.07) is 9.41. The molecule has 2 atom stereocenters. The normalized spacial score (nSPS) is 22.9. The van der Waals surface area contributed by atoms with E-state index in [1.165, 1.54) is 0 Å². The summed E-state index contributed by atoms with van der Waals surface area (Å²) in [7, 11) is -3.85. The Morgan fingerprint density at radius 1 is 1.29 bits per heavy atom. The van der Waals surface area contributed by atoms with Crippen LogP contribution in [0.4, 0.5) is 0 Å². The maximum Gasteiger partial charge on any atom is 0.419 e. The highest BCUT2D eigenvalue weighted by molar-refractivity contribution is 7.90. The number of ether oxygens (including phenoxy) is 1. The number of sulfonamides is 1. The number of benzene rings is 1. The Morgan fingerprint density at radius 2 is 1.93 bits per heavy atom. The molecule has 0 aliphatic heterocycles. The predicted molar refractivity (Wildman–Crippen MR) is 107 cm³/mol. The van der Waals surface area contributed by atoms with Gasteiger partial charge in [0.25, 0.3) is 0 Å². The largest absolute Gasteiger partial charge is 0.457 e. The van der Waals surface area contributed by atoms with Gasteiger partial charge in [-0.15, -0.1) is 0 Å². The van der Waals surface area contributed by atoms with Gasteiger partial charge in [0.05, 0.1) is 11.4 Å². The van der Waals surface area contributed by atoms with Crippen LogP contribution in [0.1, 0.15) is 64.9 Å². The lowest BCUT2D eigenvalue weighted by atomic mass is 9.67. The van der Waals surface area contributed by atoms with Gasteiger partial charge in [-0.25, -0.2) is 13.2 Å². The Morgan fingerprint density at radius 3 is 2.46 bits per heavy atom. The Labute approximate surface area is 167 Å². The van der Waals surface area contributed by atoms with Crippen molar-refractivity contribution in [3.8, 4) is 0 Å². The molecule has 1 saturated carbocycles. The average Bonchev–Trinajstić information content (AvgIpc) is 2.62. The summed E-state index contributed by atoms with van der Waals surface area (Å²) >= 11 is 0. The molecule has 0 aromatic heterocycles. The number of nitrogens with zero attached hydrogens (tertiary/aromatic N) is 2. The molecule has 1 fully saturated rings. The van der Waals surface area contributed by atoms with Crippen LogP contribution in [0.15, 0.2) is 30.3 Å². The van der Waals surface area contributed by atoms with E-state index < -0.39 is 26.3 Å². The Hall–Kier alpha value is -2.02. The quantitative estimate of drug-likeness (QED) is 0.338. The maximum absolute atomic E-state index is 13.1. The van der Waals surface area contributed by atoms with Gasteiger partial charge in [-0.3, -0.25) is 0 Å². The van der Waals surface area contributed by atoms with E-state index in [9.17, 15) is 18.7 Å². The van der Waals surface area contributed by atoms with Gasteiger partial charge < -0.3 is 10.3 Å². The number of nitrogens with one attached hydrogen (secondary N) is 1. The summed E-state index contributed by atoms with van der Waals surface area (Å²) in [5.41, 5.74) is 8.96. The predicted octanol–water partition coefficient (Wildman–Crippen LogP) is 3.03. The van der Waals surface area contributed by atoms with Gasteiger partial charge in [0, 0.05) is 5.92 Å². The van der Waals surface area contributed by atoms with E-state index in [0.717, 1.165) is 12.0 Å². The van der Waals surface area contributed by atoms with Crippen LogP contribution >= 0.6 is 0 Å². The van der Waals surface area contributed by atoms with Gasteiger partial charge >= 0.3 is 11.7 Å². The second-order valence-corrected chi connectivity index (χ2v) is 10.5. The molecule has 1 N–H and O–H groups in total. The molecule has 8 heteroatoms. The van der Waals surface area contributed by atoms with Crippen LogP contribution in [0.2, 0.25) is 0 Å². The van der Waals surface area contributed by atoms with E-state index in [4.69, 9.17) is 4.74 Å². The number of hydrogen-bond donors (Lipinski definition) is 1. The van der Waals surface area contributed by atoms with Gasteiger partial charge in [-0.1, -0.05) is 43.2 Å². The number of hydrogen-bond acceptors (Lipinski definition) is 4. The van der Waals surface area contributed by atoms with Gasteiger partial charge in [0.2, 0.25) is 10.0 Å². The molecule has 0 bridgehead atoms. The standard InChI is InChI=1S/C20H29N3O4S/c1-5-27-18(24)17(22-21)20(23-28(25,26)19(2,3)4)14-10-9-13-16(20)15-11-7-6-8-12-15/h6-8,11-12,16,23H,5,9-10,13-14H2,1-4H3. The monoisotopic (exact) mass is 407 g/mol. The van der Waals surface area contributed by atoms with Crippen molar-refractivity contribution in [2.45, 2.75) is 69.6 Å². The lowest BCUT2D eigenvalue weighted by Crippen LogP contribution is -2.64. The van der Waals surface area contributed by atoms with Crippen molar-refractivity contribution in [3.05, 3.63) is 41.4 Å². The molecule has 7 nitrogen and oxygen atoms in total. The zero-order chi connectivity index (χ0) is 21.0. The van der Waals surface area contributed by atoms with E-state index in [0.29, 0.717) is 19.3 Å². The molecule has 0 radical (unpaired) electrons. The second-order valence-electron chi connectivity index (χ2n) is 8.07. The first-order chi connectivity index (χ1) is 13.1. The molecule has 1 aliphatic carbocycles. The Bertz CT molecular complexity index is 855. The van der Waals surface area contributed by atoms with Gasteiger partial charge in [-0.2, -0.15) is 9.51 Å². The van der Waals surface area contributed by atoms with Crippen LogP contribution < -0.4 is 4.72 Å². The molecule has 0 heterocycles. The van der Waals surface area contributed by atoms with E-state index >= 15 is 0 Å². The molecule has 2 unspecified atom stereocenters. The number of rotatable bonds is 6. The zero-order valence-electron chi connectivity index (χ0n) is 16.9. The van der Waals surface area contributed by atoms with Gasteiger partial charge in [0.1, 0.15) is 5.54 Å². The molecular weight excluding hydrogens is 378 g/mol. The lowest BCUT2D eigenvalue weighted by Gasteiger charge is -2.42. The van der Waals surface area contributed by atoms with Crippen molar-refractivity contribution in [1.82, 2.24) is 4.72 Å². The van der Waals surface area contributed by atoms with Crippen LogP contribution in [0.3, 0.4) is 0 Å². The van der Waals surface area contributed by atoms with Crippen molar-refractivity contribution >= 4 is 21.7 Å². The first-order valence-corrected chi connectivity index (χ1v) is 11.1. The first-order valence-electron chi connectivity index (χ1n) is 9.57. The fourth-order valence-corrected chi connectivity index (χ4v) is 4.79. The van der Waals surface area contributed by atoms with E-state index in [1.54, 1.807) is 27.7 Å². The highest BCUT2D eigenvalue weighted by atomic mass is 32.2. The zero-order valence-corrected chi connectivity index (χ0v) is 17.8. The number of carbonyl (C=O) groups is 1. The van der Waals surface area contributed by atoms with Crippen molar-refractivity contribution in [1.29, 1.82) is 0 Å². The lowest BCUT2D eigenvalue weighted by molar-refractivity contribution is -0.141. The molecule has 0 saturated heterocycles. The summed E-state index contributed by atoms with van der Waals surface area (Å²) in [5.74, 6) is -1.18. The van der Waals surface area contributed by atoms with Gasteiger partial charge in [-0.05, 0) is 46.1 Å². The number of esters is 1. The topological polar surface area (TPSA) is 109 Å². The first kappa shape index (κ1) is 22.3. The molecular formula is C20H29N3O4S. The van der Waals surface area contributed by atoms with E-state index in [2.05, 4.69) is 9.51 Å². The third-order valence-electron chi connectivity index (χ3n) is 5.22. The molecule has 0 spiro atoms. The van der Waals surface area contributed by atoms with Crippen molar-refractivity contribution in [2.24, 2.45) is 0 Å². The van der Waals surface area contributed by atoms with E-state index in [1.807, 2.05) is 30.3 Å². The molecule has 2 rings (SSSR count). The van der Waals surface area contributed by atoms with Crippen LogP contribution in [-0.4, -0.2) is 41.8 Å². The SMILES string of the molecule is CCOC(=O)C(=[N+]=[N-])C1(NS(=O)(=O)C(C)(C)C)CCCCC1c1ccccc1. The molecule has 1 aromatic rings. The Balaban J connectivity index is 2.69. The summed E-state index contributed by atoms with van der Waals surface area (Å²) in [5, 5.41) is 0. The molecule has 1 aliphatic rings. The van der Waals surface area contributed by atoms with Crippen LogP contribution in [0.5, 0.6) is 0 Å². The molecule has 28 heavy (non-hydrogen) atoms. The molecule has 0 amide bonds. The summed E-state index contributed by atoms with van der Waals surface area (Å²) < 4.78 is 33.0. The fourth-order valence-electron chi connectivity index (χ4n) is 3.67. The third-order valence-corrected chi connectivity index (χ3v) is 7.47. The highest BCUT2D eigenvalue weighted by Gasteiger charge is 2.57.